The largest absolute Gasteiger partial charge is 0.473 e. The van der Waals surface area contributed by atoms with Crippen LogP contribution in [-0.4, -0.2) is 83.9 Å². The van der Waals surface area contributed by atoms with Gasteiger partial charge < -0.3 is 24.4 Å². The molecular weight excluding hydrogens is 482 g/mol. The van der Waals surface area contributed by atoms with E-state index >= 15 is 0 Å². The van der Waals surface area contributed by atoms with Crippen molar-refractivity contribution in [1.29, 1.82) is 0 Å². The summed E-state index contributed by atoms with van der Waals surface area (Å²) in [6, 6.07) is 19.0. The molecule has 37 heavy (non-hydrogen) atoms. The monoisotopic (exact) mass is 515 g/mol. The number of carboxylic acid groups (broad SMARTS) is 2. The number of ketones is 1. The van der Waals surface area contributed by atoms with Gasteiger partial charge in [0.2, 0.25) is 5.60 Å². The van der Waals surface area contributed by atoms with Crippen molar-refractivity contribution < 1.29 is 43.6 Å². The number of ether oxygens (including phenoxy) is 3. The fourth-order valence-corrected chi connectivity index (χ4v) is 3.63. The van der Waals surface area contributed by atoms with E-state index in [1.54, 1.807) is 6.92 Å². The van der Waals surface area contributed by atoms with Gasteiger partial charge in [-0.2, -0.15) is 0 Å². The highest BCUT2D eigenvalue weighted by Crippen LogP contribution is 2.25. The summed E-state index contributed by atoms with van der Waals surface area (Å²) in [5.41, 5.74) is 0.0733. The molecule has 1 aliphatic rings. The van der Waals surface area contributed by atoms with Gasteiger partial charge in [-0.25, -0.2) is 14.4 Å². The van der Waals surface area contributed by atoms with E-state index in [0.29, 0.717) is 19.8 Å². The van der Waals surface area contributed by atoms with Crippen LogP contribution in [0.1, 0.15) is 24.5 Å². The van der Waals surface area contributed by atoms with Gasteiger partial charge in [0, 0.05) is 32.5 Å². The zero-order valence-corrected chi connectivity index (χ0v) is 20.8. The van der Waals surface area contributed by atoms with Gasteiger partial charge in [0.25, 0.3) is 0 Å². The molecule has 0 saturated carbocycles. The zero-order chi connectivity index (χ0) is 27.1. The van der Waals surface area contributed by atoms with E-state index in [4.69, 9.17) is 34.0 Å². The predicted octanol–water partition coefficient (Wildman–Crippen LogP) is 2.19. The van der Waals surface area contributed by atoms with Crippen LogP contribution in [0.15, 0.2) is 60.7 Å². The first-order chi connectivity index (χ1) is 17.8. The van der Waals surface area contributed by atoms with Gasteiger partial charge in [-0.05, 0) is 11.1 Å². The number of morpholine rings is 1. The minimum absolute atomic E-state index is 0.143. The van der Waals surface area contributed by atoms with E-state index in [1.165, 1.54) is 0 Å². The standard InChI is InChI=1S/C25H31NO5.C2H2O4/c1-2-23(27)25(19-21-9-5-3-6-10-21,31-20-22-11-7-4-8-12-22)24(28)30-18-15-26-13-16-29-17-14-26;3-1(4)2(5)6/h3-12H,2,13-20H2,1H3;(H,3,4)(H,5,6). The molecule has 1 heterocycles. The average Bonchev–Trinajstić information content (AvgIpc) is 2.92. The fourth-order valence-electron chi connectivity index (χ4n) is 3.63. The van der Waals surface area contributed by atoms with E-state index in [9.17, 15) is 9.59 Å². The van der Waals surface area contributed by atoms with Gasteiger partial charge in [-0.15, -0.1) is 0 Å². The fraction of sp³-hybridized carbons (Fsp3) is 0.407. The molecule has 2 aromatic carbocycles. The van der Waals surface area contributed by atoms with Crippen molar-refractivity contribution in [1.82, 2.24) is 4.90 Å². The Morgan fingerprint density at radius 3 is 1.95 bits per heavy atom. The van der Waals surface area contributed by atoms with Gasteiger partial charge in [0.15, 0.2) is 5.78 Å². The minimum Gasteiger partial charge on any atom is -0.473 e. The second-order valence-corrected chi connectivity index (χ2v) is 8.24. The number of hydrogen-bond acceptors (Lipinski definition) is 8. The SMILES string of the molecule is CCC(=O)C(Cc1ccccc1)(OCc1ccccc1)C(=O)OCCN1CCOCC1.O=C(O)C(=O)O. The Hall–Kier alpha value is -3.60. The third-order valence-electron chi connectivity index (χ3n) is 5.65. The molecule has 0 aromatic heterocycles. The molecule has 10 heteroatoms. The van der Waals surface area contributed by atoms with Crippen molar-refractivity contribution in [3.63, 3.8) is 0 Å². The Morgan fingerprint density at radius 1 is 0.892 bits per heavy atom. The normalized spacial score (nSPS) is 14.9. The summed E-state index contributed by atoms with van der Waals surface area (Å²) in [5.74, 6) is -4.54. The Kier molecular flexibility index (Phi) is 12.4. The Labute approximate surface area is 215 Å². The molecule has 0 spiro atoms. The number of benzene rings is 2. The Bertz CT molecular complexity index is 995. The smallest absolute Gasteiger partial charge is 0.414 e. The molecule has 0 aliphatic carbocycles. The summed E-state index contributed by atoms with van der Waals surface area (Å²) >= 11 is 0. The number of Topliss-reactive ketones (excluding diaryl/α,β-unsaturated/α-hetero) is 1. The van der Waals surface area contributed by atoms with Crippen LogP contribution >= 0.6 is 0 Å². The van der Waals surface area contributed by atoms with Crippen molar-refractivity contribution in [3.8, 4) is 0 Å². The van der Waals surface area contributed by atoms with Crippen LogP contribution in [-0.2, 0) is 46.4 Å². The van der Waals surface area contributed by atoms with Gasteiger partial charge in [-0.1, -0.05) is 67.6 Å². The molecular formula is C27H33NO9. The number of carbonyl (C=O) groups excluding carboxylic acids is 2. The second-order valence-electron chi connectivity index (χ2n) is 8.24. The molecule has 200 valence electrons. The number of carbonyl (C=O) groups is 4. The predicted molar refractivity (Wildman–Crippen MR) is 133 cm³/mol. The first-order valence-corrected chi connectivity index (χ1v) is 12.0. The summed E-state index contributed by atoms with van der Waals surface area (Å²) in [6.07, 6.45) is 0.323. The molecule has 0 amide bonds. The molecule has 1 saturated heterocycles. The number of rotatable bonds is 11. The van der Waals surface area contributed by atoms with Gasteiger partial charge in [0.1, 0.15) is 6.61 Å². The molecule has 0 bridgehead atoms. The maximum absolute atomic E-state index is 13.3. The number of carboxylic acids is 2. The average molecular weight is 516 g/mol. The van der Waals surface area contributed by atoms with Crippen LogP contribution in [0.3, 0.4) is 0 Å². The van der Waals surface area contributed by atoms with Crippen molar-refractivity contribution in [2.75, 3.05) is 39.5 Å². The first kappa shape index (κ1) is 29.6. The van der Waals surface area contributed by atoms with Crippen LogP contribution in [0.4, 0.5) is 0 Å². The lowest BCUT2D eigenvalue weighted by molar-refractivity contribution is -0.180. The highest BCUT2D eigenvalue weighted by atomic mass is 16.6. The van der Waals surface area contributed by atoms with Gasteiger partial charge in [0.05, 0.1) is 19.8 Å². The number of hydrogen-bond donors (Lipinski definition) is 2. The van der Waals surface area contributed by atoms with E-state index in [0.717, 1.165) is 24.2 Å². The van der Waals surface area contributed by atoms with E-state index < -0.39 is 23.5 Å². The molecule has 2 aromatic rings. The molecule has 1 aliphatic heterocycles. The van der Waals surface area contributed by atoms with E-state index in [2.05, 4.69) is 4.90 Å². The van der Waals surface area contributed by atoms with Crippen LogP contribution in [0.2, 0.25) is 0 Å². The summed E-state index contributed by atoms with van der Waals surface area (Å²) in [6.45, 7) is 5.69. The highest BCUT2D eigenvalue weighted by molar-refractivity contribution is 6.27. The maximum atomic E-state index is 13.3. The highest BCUT2D eigenvalue weighted by Gasteiger charge is 2.47. The quantitative estimate of drug-likeness (QED) is 0.260. The topological polar surface area (TPSA) is 140 Å². The summed E-state index contributed by atoms with van der Waals surface area (Å²) < 4.78 is 17.1. The summed E-state index contributed by atoms with van der Waals surface area (Å²) in [7, 11) is 0. The van der Waals surface area contributed by atoms with E-state index in [1.807, 2.05) is 60.7 Å². The third-order valence-corrected chi connectivity index (χ3v) is 5.65. The van der Waals surface area contributed by atoms with Crippen molar-refractivity contribution >= 4 is 23.7 Å². The molecule has 2 N–H and O–H groups in total. The first-order valence-electron chi connectivity index (χ1n) is 12.0. The van der Waals surface area contributed by atoms with Crippen molar-refractivity contribution in [2.45, 2.75) is 32.0 Å². The second kappa shape index (κ2) is 15.5. The Morgan fingerprint density at radius 2 is 1.43 bits per heavy atom. The molecule has 10 nitrogen and oxygen atoms in total. The van der Waals surface area contributed by atoms with Crippen LogP contribution < -0.4 is 0 Å². The van der Waals surface area contributed by atoms with Crippen LogP contribution in [0, 0.1) is 0 Å². The Balaban J connectivity index is 0.000000717. The van der Waals surface area contributed by atoms with Crippen LogP contribution in [0.25, 0.3) is 0 Å². The maximum Gasteiger partial charge on any atom is 0.414 e. The lowest BCUT2D eigenvalue weighted by Gasteiger charge is -2.31. The molecule has 1 unspecified atom stereocenters. The number of aliphatic carboxylic acids is 2. The number of nitrogens with zero attached hydrogens (tertiary/aromatic N) is 1. The third kappa shape index (κ3) is 9.76. The van der Waals surface area contributed by atoms with Crippen molar-refractivity contribution in [2.24, 2.45) is 0 Å². The summed E-state index contributed by atoms with van der Waals surface area (Å²) in [4.78, 5) is 46.8. The number of esters is 1. The minimum atomic E-state index is -1.82. The molecule has 1 fully saturated rings. The molecule has 3 rings (SSSR count). The lowest BCUT2D eigenvalue weighted by atomic mass is 9.88. The molecule has 0 radical (unpaired) electrons. The van der Waals surface area contributed by atoms with Crippen LogP contribution in [0.5, 0.6) is 0 Å². The van der Waals surface area contributed by atoms with Gasteiger partial charge in [-0.3, -0.25) is 9.69 Å². The van der Waals surface area contributed by atoms with Crippen molar-refractivity contribution in [3.05, 3.63) is 71.8 Å². The zero-order valence-electron chi connectivity index (χ0n) is 20.8. The molecule has 1 atom stereocenters. The van der Waals surface area contributed by atoms with E-state index in [-0.39, 0.29) is 31.8 Å². The van der Waals surface area contributed by atoms with Gasteiger partial charge >= 0.3 is 17.9 Å². The lowest BCUT2D eigenvalue weighted by Crippen LogP contribution is -2.52. The summed E-state index contributed by atoms with van der Waals surface area (Å²) in [5, 5.41) is 14.8.